The van der Waals surface area contributed by atoms with Crippen molar-refractivity contribution in [3.05, 3.63) is 118 Å². The van der Waals surface area contributed by atoms with Crippen molar-refractivity contribution in [2.75, 3.05) is 33.9 Å². The predicted octanol–water partition coefficient (Wildman–Crippen LogP) is 8.69. The molecule has 2 aromatic heterocycles. The van der Waals surface area contributed by atoms with E-state index in [4.69, 9.17) is 24.0 Å². The van der Waals surface area contributed by atoms with Gasteiger partial charge in [-0.15, -0.1) is 0 Å². The Labute approximate surface area is 366 Å². The van der Waals surface area contributed by atoms with Crippen molar-refractivity contribution in [3.8, 4) is 28.5 Å². The largest absolute Gasteiger partial charge is 0.497 e. The number of carbonyl (C=O) groups excluding carboxylic acids is 1. The van der Waals surface area contributed by atoms with Crippen LogP contribution in [0.15, 0.2) is 84.0 Å². The van der Waals surface area contributed by atoms with E-state index in [9.17, 15) is 4.79 Å². The number of hydrogen-bond acceptors (Lipinski definition) is 10. The third-order valence-electron chi connectivity index (χ3n) is 11.0. The van der Waals surface area contributed by atoms with Crippen molar-refractivity contribution in [1.29, 1.82) is 0 Å². The van der Waals surface area contributed by atoms with Gasteiger partial charge in [0.1, 0.15) is 29.5 Å². The van der Waals surface area contributed by atoms with E-state index < -0.39 is 32.9 Å². The molecule has 0 aliphatic carbocycles. The first-order valence-corrected chi connectivity index (χ1v) is 22.5. The van der Waals surface area contributed by atoms with Gasteiger partial charge in [0.2, 0.25) is 5.88 Å². The lowest BCUT2D eigenvalue weighted by Crippen LogP contribution is -2.39. The minimum absolute atomic E-state index is 0.0306. The van der Waals surface area contributed by atoms with Crippen molar-refractivity contribution in [3.63, 3.8) is 0 Å². The van der Waals surface area contributed by atoms with E-state index in [1.807, 2.05) is 97.0 Å². The Morgan fingerprint density at radius 1 is 0.903 bits per heavy atom. The topological polar surface area (TPSA) is 125 Å². The molecule has 62 heavy (non-hydrogen) atoms. The lowest BCUT2D eigenvalue weighted by atomic mass is 9.88. The molecule has 0 saturated heterocycles. The minimum Gasteiger partial charge on any atom is -0.497 e. The van der Waals surface area contributed by atoms with Gasteiger partial charge < -0.3 is 18.9 Å². The lowest BCUT2D eigenvalue weighted by Gasteiger charge is -2.31. The molecular formula is C48H60FN5O7S. The molecule has 14 heteroatoms. The fraction of sp³-hybridized carbons (Fsp3) is 0.438. The smallest absolute Gasteiger partial charge is 0.310 e. The summed E-state index contributed by atoms with van der Waals surface area (Å²) in [5, 5.41) is 5.01. The number of sulfonamides is 1. The van der Waals surface area contributed by atoms with Crippen LogP contribution in [0.1, 0.15) is 94.8 Å². The molecule has 0 N–H and O–H groups in total. The van der Waals surface area contributed by atoms with Gasteiger partial charge in [0.05, 0.1) is 31.9 Å². The number of rotatable bonds is 17. The van der Waals surface area contributed by atoms with Crippen molar-refractivity contribution < 1.29 is 36.6 Å². The zero-order chi connectivity index (χ0) is 45.0. The molecule has 6 rings (SSSR count). The van der Waals surface area contributed by atoms with Crippen LogP contribution < -0.4 is 14.2 Å². The Hall–Kier alpha value is -5.31. The quantitative estimate of drug-likeness (QED) is 0.0839. The van der Waals surface area contributed by atoms with Crippen molar-refractivity contribution >= 4 is 16.0 Å². The summed E-state index contributed by atoms with van der Waals surface area (Å²) in [5.41, 5.74) is 4.15. The van der Waals surface area contributed by atoms with E-state index in [1.54, 1.807) is 37.2 Å². The van der Waals surface area contributed by atoms with Crippen molar-refractivity contribution in [1.82, 2.24) is 24.0 Å². The SMILES string of the molecule is CCN1CCc2c(S(=O)(=O)N(Cc3ccc(OC)cc3)Cc3ccc(OC)cc3)nn(C(C)(C)COc3cc(-c4cc(F)cc(C(C)C)c4CC(=O)OC(C)(C)C)ccn3)c2C1. The van der Waals surface area contributed by atoms with Crippen molar-refractivity contribution in [2.24, 2.45) is 0 Å². The summed E-state index contributed by atoms with van der Waals surface area (Å²) in [6, 6.07) is 21.1. The molecule has 0 spiro atoms. The molecule has 332 valence electrons. The maximum atomic E-state index is 15.2. The number of likely N-dealkylation sites (N-methyl/N-ethyl adjacent to an activating group) is 1. The molecule has 3 heterocycles. The molecule has 12 nitrogen and oxygen atoms in total. The molecule has 0 radical (unpaired) electrons. The van der Waals surface area contributed by atoms with Gasteiger partial charge in [-0.3, -0.25) is 14.4 Å². The van der Waals surface area contributed by atoms with E-state index >= 15 is 12.8 Å². The summed E-state index contributed by atoms with van der Waals surface area (Å²) >= 11 is 0. The molecule has 1 aliphatic rings. The second kappa shape index (κ2) is 19.0. The fourth-order valence-corrected chi connectivity index (χ4v) is 9.35. The monoisotopic (exact) mass is 869 g/mol. The number of nitrogens with zero attached hydrogens (tertiary/aromatic N) is 5. The molecule has 0 unspecified atom stereocenters. The Morgan fingerprint density at radius 2 is 1.52 bits per heavy atom. The number of benzene rings is 3. The first kappa shape index (κ1) is 46.2. The third kappa shape index (κ3) is 10.8. The van der Waals surface area contributed by atoms with Gasteiger partial charge in [-0.1, -0.05) is 45.0 Å². The van der Waals surface area contributed by atoms with Crippen LogP contribution in [0.3, 0.4) is 0 Å². The van der Waals surface area contributed by atoms with Crippen LogP contribution in [-0.4, -0.2) is 77.9 Å². The molecule has 1 aliphatic heterocycles. The lowest BCUT2D eigenvalue weighted by molar-refractivity contribution is -0.153. The number of pyridine rings is 1. The number of ether oxygens (including phenoxy) is 4. The maximum Gasteiger partial charge on any atom is 0.310 e. The Kier molecular flexibility index (Phi) is 14.1. The summed E-state index contributed by atoms with van der Waals surface area (Å²) in [7, 11) is -0.985. The van der Waals surface area contributed by atoms with Gasteiger partial charge in [-0.25, -0.2) is 17.8 Å². The van der Waals surface area contributed by atoms with Gasteiger partial charge >= 0.3 is 5.97 Å². The molecule has 5 aromatic rings. The molecule has 3 aromatic carbocycles. The zero-order valence-corrected chi connectivity index (χ0v) is 38.4. The van der Waals surface area contributed by atoms with Crippen LogP contribution >= 0.6 is 0 Å². The second-order valence-electron chi connectivity index (χ2n) is 17.7. The highest BCUT2D eigenvalue weighted by Crippen LogP contribution is 2.36. The van der Waals surface area contributed by atoms with Crippen LogP contribution in [0.4, 0.5) is 4.39 Å². The van der Waals surface area contributed by atoms with Crippen LogP contribution in [0, 0.1) is 5.82 Å². The van der Waals surface area contributed by atoms with E-state index in [0.717, 1.165) is 23.4 Å². The van der Waals surface area contributed by atoms with E-state index in [2.05, 4.69) is 16.8 Å². The average molecular weight is 870 g/mol. The Morgan fingerprint density at radius 3 is 2.06 bits per heavy atom. The van der Waals surface area contributed by atoms with Crippen LogP contribution in [0.2, 0.25) is 0 Å². The molecule has 0 fully saturated rings. The van der Waals surface area contributed by atoms with Crippen molar-refractivity contribution in [2.45, 2.75) is 110 Å². The number of aromatic nitrogens is 3. The zero-order valence-electron chi connectivity index (χ0n) is 37.6. The van der Waals surface area contributed by atoms with E-state index in [1.165, 1.54) is 16.4 Å². The highest BCUT2D eigenvalue weighted by Gasteiger charge is 2.39. The Balaban J connectivity index is 1.34. The number of carbonyl (C=O) groups is 1. The van der Waals surface area contributed by atoms with Crippen LogP contribution in [0.25, 0.3) is 11.1 Å². The van der Waals surface area contributed by atoms with Crippen LogP contribution in [-0.2, 0) is 57.6 Å². The molecule has 0 bridgehead atoms. The number of hydrogen-bond donors (Lipinski definition) is 0. The first-order chi connectivity index (χ1) is 29.3. The average Bonchev–Trinajstić information content (AvgIpc) is 3.64. The number of esters is 1. The molecule has 0 amide bonds. The summed E-state index contributed by atoms with van der Waals surface area (Å²) in [6.45, 7) is 17.7. The summed E-state index contributed by atoms with van der Waals surface area (Å²) in [5.74, 6) is 0.747. The van der Waals surface area contributed by atoms with E-state index in [0.29, 0.717) is 58.8 Å². The molecular weight excluding hydrogens is 810 g/mol. The van der Waals surface area contributed by atoms with Gasteiger partial charge in [0.25, 0.3) is 10.0 Å². The number of halogens is 1. The standard InChI is InChI=1S/C48H60FN5O7S/c1-11-52-23-21-39-43(30-52)54(51-46(39)62(56,57)53(28-33-12-16-37(58-9)17-13-33)29-34-14-18-38(59-10)19-15-34)48(7,8)31-60-44-24-35(20-22-50-44)41-26-36(49)25-40(32(2)3)42(41)27-45(55)61-47(4,5)6/h12-20,22,24-26,32H,11,21,23,27-31H2,1-10H3. The van der Waals surface area contributed by atoms with E-state index in [-0.39, 0.29) is 42.9 Å². The first-order valence-electron chi connectivity index (χ1n) is 21.0. The van der Waals surface area contributed by atoms with Gasteiger partial charge in [-0.2, -0.15) is 9.40 Å². The van der Waals surface area contributed by atoms with Gasteiger partial charge in [0.15, 0.2) is 5.03 Å². The maximum absolute atomic E-state index is 15.2. The Bertz CT molecular complexity index is 2410. The highest BCUT2D eigenvalue weighted by atomic mass is 32.2. The number of methoxy groups -OCH3 is 2. The van der Waals surface area contributed by atoms with Crippen LogP contribution in [0.5, 0.6) is 17.4 Å². The molecule has 0 atom stereocenters. The normalized spacial score (nSPS) is 13.6. The van der Waals surface area contributed by atoms with Gasteiger partial charge in [-0.05, 0) is 129 Å². The highest BCUT2D eigenvalue weighted by molar-refractivity contribution is 7.89. The third-order valence-corrected chi connectivity index (χ3v) is 12.7. The summed E-state index contributed by atoms with van der Waals surface area (Å²) < 4.78 is 71.4. The summed E-state index contributed by atoms with van der Waals surface area (Å²) in [6.07, 6.45) is 2.07. The predicted molar refractivity (Wildman–Crippen MR) is 237 cm³/mol. The fourth-order valence-electron chi connectivity index (χ4n) is 7.75. The molecule has 0 saturated carbocycles. The summed E-state index contributed by atoms with van der Waals surface area (Å²) in [4.78, 5) is 19.9. The number of fused-ring (bicyclic) bond motifs is 1. The minimum atomic E-state index is -4.17. The second-order valence-corrected chi connectivity index (χ2v) is 19.5. The van der Waals surface area contributed by atoms with Gasteiger partial charge in [0, 0.05) is 44.0 Å².